The van der Waals surface area contributed by atoms with Gasteiger partial charge in [-0.3, -0.25) is 10.1 Å². The van der Waals surface area contributed by atoms with Gasteiger partial charge in [0, 0.05) is 12.1 Å². The molecule has 4 rings (SSSR count). The second kappa shape index (κ2) is 8.23. The van der Waals surface area contributed by atoms with E-state index in [4.69, 9.17) is 0 Å². The molecule has 152 valence electrons. The van der Waals surface area contributed by atoms with E-state index in [2.05, 4.69) is 20.4 Å². The lowest BCUT2D eigenvalue weighted by Crippen LogP contribution is -2.31. The highest BCUT2D eigenvalue weighted by Gasteiger charge is 2.23. The number of nitrogens with one attached hydrogen (secondary N) is 1. The van der Waals surface area contributed by atoms with Gasteiger partial charge in [0.1, 0.15) is 18.2 Å². The minimum absolute atomic E-state index is 0.0784. The Morgan fingerprint density at radius 2 is 1.83 bits per heavy atom. The van der Waals surface area contributed by atoms with Gasteiger partial charge < -0.3 is 15.5 Å². The number of aromatic nitrogens is 4. The number of fused-ring (bicyclic) bond motifs is 1. The van der Waals surface area contributed by atoms with E-state index < -0.39 is 23.7 Å². The molecule has 2 heterocycles. The van der Waals surface area contributed by atoms with Crippen molar-refractivity contribution in [3.8, 4) is 5.69 Å². The first-order valence-electron chi connectivity index (χ1n) is 9.12. The van der Waals surface area contributed by atoms with Crippen molar-refractivity contribution in [2.24, 2.45) is 0 Å². The number of rotatable bonds is 7. The number of nitrogens with zero attached hydrogens (tertiary/aromatic N) is 5. The first-order chi connectivity index (χ1) is 14.6. The number of hydrogen-bond acceptors (Lipinski definition) is 8. The molecule has 2 aromatic heterocycles. The van der Waals surface area contributed by atoms with E-state index in [1.165, 1.54) is 30.6 Å². The van der Waals surface area contributed by atoms with Gasteiger partial charge in [0.05, 0.1) is 34.8 Å². The van der Waals surface area contributed by atoms with Crippen LogP contribution in [0.15, 0.2) is 67.1 Å². The lowest BCUT2D eigenvalue weighted by Gasteiger charge is -2.23. The van der Waals surface area contributed by atoms with E-state index in [1.807, 2.05) is 30.3 Å². The minimum Gasteiger partial charge on any atom is -0.394 e. The highest BCUT2D eigenvalue weighted by Crippen LogP contribution is 2.26. The third-order valence-electron chi connectivity index (χ3n) is 4.71. The molecule has 0 aliphatic heterocycles. The van der Waals surface area contributed by atoms with Gasteiger partial charge in [-0.2, -0.15) is 5.10 Å². The van der Waals surface area contributed by atoms with Gasteiger partial charge in [-0.25, -0.2) is 14.6 Å². The number of nitro benzene ring substituents is 1. The van der Waals surface area contributed by atoms with Gasteiger partial charge in [-0.15, -0.1) is 0 Å². The van der Waals surface area contributed by atoms with Crippen LogP contribution < -0.4 is 5.32 Å². The van der Waals surface area contributed by atoms with Crippen molar-refractivity contribution in [1.29, 1.82) is 0 Å². The molecule has 10 heteroatoms. The number of hydrogen-bond donors (Lipinski definition) is 3. The molecule has 0 aliphatic rings. The van der Waals surface area contributed by atoms with Crippen molar-refractivity contribution in [3.05, 3.63) is 82.8 Å². The quantitative estimate of drug-likeness (QED) is 0.314. The molecule has 30 heavy (non-hydrogen) atoms. The molecule has 2 atom stereocenters. The van der Waals surface area contributed by atoms with Crippen molar-refractivity contribution in [1.82, 2.24) is 19.7 Å². The second-order valence-electron chi connectivity index (χ2n) is 6.58. The SMILES string of the molecule is O=[N+]([O-])c1ccc([C@H](O)[C@H](CO)Nc2ncnc3c2cnn3-c2ccccc2)cc1. The molecule has 0 radical (unpaired) electrons. The van der Waals surface area contributed by atoms with Crippen molar-refractivity contribution < 1.29 is 15.1 Å². The van der Waals surface area contributed by atoms with Gasteiger partial charge in [0.25, 0.3) is 5.69 Å². The van der Waals surface area contributed by atoms with Crippen LogP contribution in [0.2, 0.25) is 0 Å². The second-order valence-corrected chi connectivity index (χ2v) is 6.58. The van der Waals surface area contributed by atoms with Crippen LogP contribution in [0.4, 0.5) is 11.5 Å². The summed E-state index contributed by atoms with van der Waals surface area (Å²) in [6, 6.07) is 14.2. The maximum atomic E-state index is 10.8. The summed E-state index contributed by atoms with van der Waals surface area (Å²) in [7, 11) is 0. The molecule has 10 nitrogen and oxygen atoms in total. The Hall–Kier alpha value is -3.89. The predicted molar refractivity (Wildman–Crippen MR) is 109 cm³/mol. The molecule has 0 aliphatic carbocycles. The Labute approximate surface area is 170 Å². The van der Waals surface area contributed by atoms with Gasteiger partial charge in [-0.05, 0) is 29.8 Å². The molecular formula is C20H18N6O4. The molecule has 0 fully saturated rings. The molecule has 0 amide bonds. The van der Waals surface area contributed by atoms with E-state index in [0.29, 0.717) is 22.4 Å². The maximum absolute atomic E-state index is 10.8. The number of aliphatic hydroxyl groups excluding tert-OH is 2. The summed E-state index contributed by atoms with van der Waals surface area (Å²) in [6.45, 7) is -0.392. The zero-order valence-corrected chi connectivity index (χ0v) is 15.7. The van der Waals surface area contributed by atoms with Crippen LogP contribution in [-0.2, 0) is 0 Å². The zero-order valence-electron chi connectivity index (χ0n) is 15.7. The minimum atomic E-state index is -1.12. The highest BCUT2D eigenvalue weighted by molar-refractivity contribution is 5.87. The Balaban J connectivity index is 1.62. The average Bonchev–Trinajstić information content (AvgIpc) is 3.22. The smallest absolute Gasteiger partial charge is 0.269 e. The topological polar surface area (TPSA) is 139 Å². The maximum Gasteiger partial charge on any atom is 0.269 e. The lowest BCUT2D eigenvalue weighted by atomic mass is 10.0. The first kappa shape index (κ1) is 19.4. The summed E-state index contributed by atoms with van der Waals surface area (Å²) in [5, 5.41) is 39.3. The van der Waals surface area contributed by atoms with E-state index in [9.17, 15) is 20.3 Å². The fraction of sp³-hybridized carbons (Fsp3) is 0.150. The fourth-order valence-corrected chi connectivity index (χ4v) is 3.14. The van der Waals surface area contributed by atoms with Crippen molar-refractivity contribution in [3.63, 3.8) is 0 Å². The lowest BCUT2D eigenvalue weighted by molar-refractivity contribution is -0.384. The number of anilines is 1. The molecule has 2 aromatic carbocycles. The number of nitro groups is 1. The average molecular weight is 406 g/mol. The van der Waals surface area contributed by atoms with Crippen LogP contribution in [0, 0.1) is 10.1 Å². The van der Waals surface area contributed by atoms with Crippen LogP contribution in [0.5, 0.6) is 0 Å². The van der Waals surface area contributed by atoms with E-state index in [-0.39, 0.29) is 5.69 Å². The Bertz CT molecular complexity index is 1160. The number of non-ortho nitro benzene ring substituents is 1. The molecule has 0 unspecified atom stereocenters. The van der Waals surface area contributed by atoms with Crippen molar-refractivity contribution in [2.45, 2.75) is 12.1 Å². The number of para-hydroxylation sites is 1. The predicted octanol–water partition coefficient (Wildman–Crippen LogP) is 2.23. The Morgan fingerprint density at radius 1 is 1.10 bits per heavy atom. The molecular weight excluding hydrogens is 388 g/mol. The summed E-state index contributed by atoms with van der Waals surface area (Å²) in [4.78, 5) is 18.8. The molecule has 4 aromatic rings. The largest absolute Gasteiger partial charge is 0.394 e. The molecule has 0 saturated carbocycles. The van der Waals surface area contributed by atoms with Crippen LogP contribution in [0.25, 0.3) is 16.7 Å². The van der Waals surface area contributed by atoms with Gasteiger partial charge in [-0.1, -0.05) is 18.2 Å². The third kappa shape index (κ3) is 3.69. The van der Waals surface area contributed by atoms with Crippen molar-refractivity contribution >= 4 is 22.5 Å². The van der Waals surface area contributed by atoms with E-state index in [1.54, 1.807) is 10.9 Å². The van der Waals surface area contributed by atoms with Crippen LogP contribution in [0.1, 0.15) is 11.7 Å². The van der Waals surface area contributed by atoms with Crippen molar-refractivity contribution in [2.75, 3.05) is 11.9 Å². The Kier molecular flexibility index (Phi) is 5.33. The summed E-state index contributed by atoms with van der Waals surface area (Å²) >= 11 is 0. The van der Waals surface area contributed by atoms with E-state index in [0.717, 1.165) is 5.69 Å². The van der Waals surface area contributed by atoms with Crippen LogP contribution in [0.3, 0.4) is 0 Å². The van der Waals surface area contributed by atoms with Crippen LogP contribution >= 0.6 is 0 Å². The van der Waals surface area contributed by atoms with Gasteiger partial charge >= 0.3 is 0 Å². The zero-order chi connectivity index (χ0) is 21.1. The molecule has 3 N–H and O–H groups in total. The van der Waals surface area contributed by atoms with Gasteiger partial charge in [0.15, 0.2) is 5.65 Å². The summed E-state index contributed by atoms with van der Waals surface area (Å²) < 4.78 is 1.67. The number of benzene rings is 2. The highest BCUT2D eigenvalue weighted by atomic mass is 16.6. The standard InChI is InChI=1S/C20H18N6O4/c27-11-17(18(28)13-6-8-15(9-7-13)26(29)30)24-19-16-10-23-25(20(16)22-12-21-19)14-4-2-1-3-5-14/h1-10,12,17-18,27-28H,11H2,(H,21,22,24)/t17-,18-/m0/s1. The van der Waals surface area contributed by atoms with Crippen LogP contribution in [-0.4, -0.2) is 47.5 Å². The third-order valence-corrected chi connectivity index (χ3v) is 4.71. The van der Waals surface area contributed by atoms with Gasteiger partial charge in [0.2, 0.25) is 0 Å². The number of aliphatic hydroxyl groups is 2. The molecule has 0 saturated heterocycles. The fourth-order valence-electron chi connectivity index (χ4n) is 3.14. The normalized spacial score (nSPS) is 13.1. The molecule has 0 spiro atoms. The monoisotopic (exact) mass is 406 g/mol. The summed E-state index contributed by atoms with van der Waals surface area (Å²) in [6.07, 6.45) is 1.86. The summed E-state index contributed by atoms with van der Waals surface area (Å²) in [5.41, 5.74) is 1.75. The Morgan fingerprint density at radius 3 is 2.50 bits per heavy atom. The summed E-state index contributed by atoms with van der Waals surface area (Å²) in [5.74, 6) is 0.405. The first-order valence-corrected chi connectivity index (χ1v) is 9.12. The van der Waals surface area contributed by atoms with E-state index >= 15 is 0 Å². The molecule has 0 bridgehead atoms.